The lowest BCUT2D eigenvalue weighted by atomic mass is 10.1. The minimum absolute atomic E-state index is 0.124. The predicted octanol–water partition coefficient (Wildman–Crippen LogP) is 4.64. The van der Waals surface area contributed by atoms with Crippen LogP contribution < -0.4 is 5.32 Å². The summed E-state index contributed by atoms with van der Waals surface area (Å²) in [6, 6.07) is 4.25. The molecule has 1 N–H and O–H groups in total. The summed E-state index contributed by atoms with van der Waals surface area (Å²) in [7, 11) is 0. The molecule has 2 aromatic rings. The predicted molar refractivity (Wildman–Crippen MR) is 67.7 cm³/mol. The van der Waals surface area contributed by atoms with E-state index >= 15 is 0 Å². The summed E-state index contributed by atoms with van der Waals surface area (Å²) in [5, 5.41) is 13.1. The van der Waals surface area contributed by atoms with Gasteiger partial charge in [-0.05, 0) is 24.3 Å². The van der Waals surface area contributed by atoms with Crippen LogP contribution in [0.5, 0.6) is 0 Å². The highest BCUT2D eigenvalue weighted by Crippen LogP contribution is 2.36. The molecule has 0 aromatic heterocycles. The van der Waals surface area contributed by atoms with Crippen molar-refractivity contribution in [1.82, 2.24) is 0 Å². The molecule has 0 heterocycles. The zero-order valence-electron chi connectivity index (χ0n) is 10.6. The standard InChI is InChI=1S/C13H7F5N2O2/c14-9-3-2-8(6-10(9)15)19-11-5-7(13(16,17)18)1-4-12(11)20(21)22/h1-6,19H. The molecule has 0 fully saturated rings. The Morgan fingerprint density at radius 2 is 1.68 bits per heavy atom. The molecule has 0 saturated heterocycles. The summed E-state index contributed by atoms with van der Waals surface area (Å²) in [5.74, 6) is -2.39. The van der Waals surface area contributed by atoms with Crippen molar-refractivity contribution in [2.45, 2.75) is 6.18 Å². The SMILES string of the molecule is O=[N+]([O-])c1ccc(C(F)(F)F)cc1Nc1ccc(F)c(F)c1. The zero-order valence-corrected chi connectivity index (χ0v) is 10.6. The minimum atomic E-state index is -4.69. The maximum absolute atomic E-state index is 13.1. The van der Waals surface area contributed by atoms with Gasteiger partial charge < -0.3 is 5.32 Å². The van der Waals surface area contributed by atoms with Crippen molar-refractivity contribution in [3.8, 4) is 0 Å². The number of alkyl halides is 3. The lowest BCUT2D eigenvalue weighted by molar-refractivity contribution is -0.384. The van der Waals surface area contributed by atoms with Crippen molar-refractivity contribution in [1.29, 1.82) is 0 Å². The maximum atomic E-state index is 13.1. The molecule has 4 nitrogen and oxygen atoms in total. The molecule has 2 aromatic carbocycles. The number of nitrogens with one attached hydrogen (secondary N) is 1. The molecule has 0 unspecified atom stereocenters. The molecule has 0 aliphatic carbocycles. The Morgan fingerprint density at radius 1 is 1.00 bits per heavy atom. The van der Waals surface area contributed by atoms with Gasteiger partial charge in [-0.1, -0.05) is 0 Å². The number of anilines is 2. The first kappa shape index (κ1) is 15.7. The van der Waals surface area contributed by atoms with Crippen molar-refractivity contribution < 1.29 is 26.9 Å². The van der Waals surface area contributed by atoms with E-state index in [1.54, 1.807) is 0 Å². The van der Waals surface area contributed by atoms with Gasteiger partial charge >= 0.3 is 6.18 Å². The van der Waals surface area contributed by atoms with E-state index in [1.807, 2.05) is 0 Å². The Labute approximate surface area is 120 Å². The second-order valence-electron chi connectivity index (χ2n) is 4.24. The number of nitro groups is 1. The topological polar surface area (TPSA) is 55.2 Å². The molecular weight excluding hydrogens is 311 g/mol. The summed E-state index contributed by atoms with van der Waals surface area (Å²) < 4.78 is 63.8. The smallest absolute Gasteiger partial charge is 0.350 e. The molecule has 0 aliphatic rings. The fourth-order valence-corrected chi connectivity index (χ4v) is 1.70. The largest absolute Gasteiger partial charge is 0.416 e. The van der Waals surface area contributed by atoms with Crippen molar-refractivity contribution in [2.75, 3.05) is 5.32 Å². The Balaban J connectivity index is 2.46. The van der Waals surface area contributed by atoms with E-state index in [4.69, 9.17) is 0 Å². The maximum Gasteiger partial charge on any atom is 0.416 e. The van der Waals surface area contributed by atoms with Gasteiger partial charge in [0.15, 0.2) is 11.6 Å². The molecule has 0 amide bonds. The molecule has 0 radical (unpaired) electrons. The number of benzene rings is 2. The molecule has 22 heavy (non-hydrogen) atoms. The van der Waals surface area contributed by atoms with Gasteiger partial charge in [0.05, 0.1) is 10.5 Å². The van der Waals surface area contributed by atoms with Gasteiger partial charge in [0, 0.05) is 17.8 Å². The summed E-state index contributed by atoms with van der Waals surface area (Å²) in [5.41, 5.74) is -2.34. The van der Waals surface area contributed by atoms with Crippen LogP contribution in [0.4, 0.5) is 39.0 Å². The number of hydrogen-bond donors (Lipinski definition) is 1. The zero-order chi connectivity index (χ0) is 16.5. The lowest BCUT2D eigenvalue weighted by Gasteiger charge is -2.11. The van der Waals surface area contributed by atoms with Gasteiger partial charge in [0.2, 0.25) is 0 Å². The van der Waals surface area contributed by atoms with Gasteiger partial charge in [-0.25, -0.2) is 8.78 Å². The average molecular weight is 318 g/mol. The molecule has 0 saturated carbocycles. The van der Waals surface area contributed by atoms with Gasteiger partial charge in [0.25, 0.3) is 5.69 Å². The molecular formula is C13H7F5N2O2. The first-order valence-electron chi connectivity index (χ1n) is 5.76. The first-order chi connectivity index (χ1) is 10.2. The minimum Gasteiger partial charge on any atom is -0.350 e. The van der Waals surface area contributed by atoms with Crippen LogP contribution in [-0.4, -0.2) is 4.92 Å². The summed E-state index contributed by atoms with van der Waals surface area (Å²) in [6.45, 7) is 0. The molecule has 0 bridgehead atoms. The van der Waals surface area contributed by atoms with Crippen LogP contribution in [0, 0.1) is 21.7 Å². The first-order valence-corrected chi connectivity index (χ1v) is 5.76. The van der Waals surface area contributed by atoms with E-state index in [1.165, 1.54) is 0 Å². The van der Waals surface area contributed by atoms with Gasteiger partial charge in [-0.2, -0.15) is 13.2 Å². The number of rotatable bonds is 3. The number of nitrogens with zero attached hydrogens (tertiary/aromatic N) is 1. The molecule has 0 atom stereocenters. The third-order valence-corrected chi connectivity index (χ3v) is 2.72. The monoisotopic (exact) mass is 318 g/mol. The third-order valence-electron chi connectivity index (χ3n) is 2.72. The molecule has 9 heteroatoms. The van der Waals surface area contributed by atoms with Crippen LogP contribution in [0.15, 0.2) is 36.4 Å². The van der Waals surface area contributed by atoms with Gasteiger partial charge in [-0.15, -0.1) is 0 Å². The van der Waals surface area contributed by atoms with Crippen LogP contribution in [0.1, 0.15) is 5.56 Å². The van der Waals surface area contributed by atoms with E-state index in [0.29, 0.717) is 24.3 Å². The fraction of sp³-hybridized carbons (Fsp3) is 0.0769. The van der Waals surface area contributed by atoms with Crippen LogP contribution in [0.2, 0.25) is 0 Å². The van der Waals surface area contributed by atoms with E-state index in [0.717, 1.165) is 12.1 Å². The van der Waals surface area contributed by atoms with E-state index < -0.39 is 39.7 Å². The highest BCUT2D eigenvalue weighted by atomic mass is 19.4. The van der Waals surface area contributed by atoms with Gasteiger partial charge in [-0.3, -0.25) is 10.1 Å². The Kier molecular flexibility index (Phi) is 3.98. The fourth-order valence-electron chi connectivity index (χ4n) is 1.70. The Morgan fingerprint density at radius 3 is 2.23 bits per heavy atom. The van der Waals surface area contributed by atoms with Crippen molar-refractivity contribution in [3.63, 3.8) is 0 Å². The van der Waals surface area contributed by atoms with E-state index in [2.05, 4.69) is 5.32 Å². The summed E-state index contributed by atoms with van der Waals surface area (Å²) in [6.07, 6.45) is -4.69. The van der Waals surface area contributed by atoms with E-state index in [-0.39, 0.29) is 5.69 Å². The van der Waals surface area contributed by atoms with E-state index in [9.17, 15) is 32.1 Å². The van der Waals surface area contributed by atoms with Crippen LogP contribution in [0.25, 0.3) is 0 Å². The normalized spacial score (nSPS) is 11.3. The Bertz CT molecular complexity index is 731. The average Bonchev–Trinajstić information content (AvgIpc) is 2.41. The second kappa shape index (κ2) is 5.58. The molecule has 116 valence electrons. The third kappa shape index (κ3) is 3.30. The molecule has 0 aliphatic heterocycles. The lowest BCUT2D eigenvalue weighted by Crippen LogP contribution is -2.07. The van der Waals surface area contributed by atoms with Crippen molar-refractivity contribution in [3.05, 3.63) is 63.7 Å². The Hall–Kier alpha value is -2.71. The van der Waals surface area contributed by atoms with Crippen molar-refractivity contribution >= 4 is 17.1 Å². The summed E-state index contributed by atoms with van der Waals surface area (Å²) >= 11 is 0. The van der Waals surface area contributed by atoms with Crippen LogP contribution >= 0.6 is 0 Å². The quantitative estimate of drug-likeness (QED) is 0.510. The number of nitro benzene ring substituents is 1. The number of halogens is 5. The molecule has 0 spiro atoms. The van der Waals surface area contributed by atoms with Crippen LogP contribution in [-0.2, 0) is 6.18 Å². The highest BCUT2D eigenvalue weighted by Gasteiger charge is 2.32. The van der Waals surface area contributed by atoms with Crippen LogP contribution in [0.3, 0.4) is 0 Å². The van der Waals surface area contributed by atoms with Crippen molar-refractivity contribution in [2.24, 2.45) is 0 Å². The van der Waals surface area contributed by atoms with Gasteiger partial charge in [0.1, 0.15) is 5.69 Å². The second-order valence-corrected chi connectivity index (χ2v) is 4.24. The number of hydrogen-bond acceptors (Lipinski definition) is 3. The molecule has 2 rings (SSSR count). The summed E-state index contributed by atoms with van der Waals surface area (Å²) in [4.78, 5) is 9.96. The highest BCUT2D eigenvalue weighted by molar-refractivity contribution is 5.70.